The molecular weight excluding hydrogens is 447 g/mol. The van der Waals surface area contributed by atoms with Gasteiger partial charge in [-0.1, -0.05) is 5.16 Å². The number of carbonyl (C=O) groups excluding carboxylic acids is 2. The van der Waals surface area contributed by atoms with Crippen LogP contribution in [0.25, 0.3) is 11.4 Å². The Morgan fingerprint density at radius 1 is 1.27 bits per heavy atom. The summed E-state index contributed by atoms with van der Waals surface area (Å²) in [4.78, 5) is 34.2. The number of ether oxygens (including phenoxy) is 1. The zero-order valence-corrected chi connectivity index (χ0v) is 17.2. The van der Waals surface area contributed by atoms with Crippen molar-refractivity contribution in [3.05, 3.63) is 47.9 Å². The van der Waals surface area contributed by atoms with Crippen LogP contribution in [0.1, 0.15) is 26.9 Å². The summed E-state index contributed by atoms with van der Waals surface area (Å²) < 4.78 is 48.9. The highest BCUT2D eigenvalue weighted by molar-refractivity contribution is 5.93. The van der Waals surface area contributed by atoms with E-state index in [0.29, 0.717) is 18.8 Å². The van der Waals surface area contributed by atoms with Crippen LogP contribution in [-0.4, -0.2) is 74.0 Å². The molecule has 0 unspecified atom stereocenters. The van der Waals surface area contributed by atoms with Gasteiger partial charge in [-0.3, -0.25) is 19.3 Å². The summed E-state index contributed by atoms with van der Waals surface area (Å²) in [5.74, 6) is -2.52. The summed E-state index contributed by atoms with van der Waals surface area (Å²) in [5.41, 5.74) is 0.597. The van der Waals surface area contributed by atoms with Gasteiger partial charge in [0.1, 0.15) is 11.4 Å². The molecule has 2 amide bonds. The lowest BCUT2D eigenvalue weighted by molar-refractivity contribution is -0.159. The van der Waals surface area contributed by atoms with Gasteiger partial charge in [0.05, 0.1) is 19.3 Å². The molecule has 1 saturated heterocycles. The highest BCUT2D eigenvalue weighted by atomic mass is 19.4. The lowest BCUT2D eigenvalue weighted by atomic mass is 10.2. The predicted octanol–water partition coefficient (Wildman–Crippen LogP) is 1.15. The molecule has 1 N–H and O–H groups in total. The van der Waals surface area contributed by atoms with Crippen molar-refractivity contribution in [3.63, 3.8) is 0 Å². The van der Waals surface area contributed by atoms with E-state index in [1.54, 1.807) is 18.0 Å². The minimum absolute atomic E-state index is 0.0273. The number of nitrogens with one attached hydrogen (secondary N) is 1. The number of aromatic nitrogens is 5. The maximum atomic E-state index is 12.8. The smallest absolute Gasteiger partial charge is 0.377 e. The molecule has 3 aromatic rings. The summed E-state index contributed by atoms with van der Waals surface area (Å²) in [7, 11) is 1.66. The fourth-order valence-corrected chi connectivity index (χ4v) is 3.24. The normalized spacial score (nSPS) is 16.6. The minimum atomic E-state index is -4.76. The molecule has 0 bridgehead atoms. The Labute approximate surface area is 184 Å². The molecule has 4 rings (SSSR count). The molecule has 4 heterocycles. The molecule has 0 spiro atoms. The third-order valence-corrected chi connectivity index (χ3v) is 4.95. The number of alkyl halides is 3. The van der Waals surface area contributed by atoms with Crippen LogP contribution in [0, 0.1) is 0 Å². The third kappa shape index (κ3) is 4.84. The fraction of sp³-hybridized carbons (Fsp3) is 0.368. The van der Waals surface area contributed by atoms with Crippen LogP contribution >= 0.6 is 0 Å². The summed E-state index contributed by atoms with van der Waals surface area (Å²) in [5, 5.41) is 9.98. The number of hydrogen-bond donors (Lipinski definition) is 1. The van der Waals surface area contributed by atoms with Crippen molar-refractivity contribution < 1.29 is 32.0 Å². The van der Waals surface area contributed by atoms with E-state index < -0.39 is 24.0 Å². The first-order valence-corrected chi connectivity index (χ1v) is 9.76. The van der Waals surface area contributed by atoms with Crippen molar-refractivity contribution in [2.24, 2.45) is 7.05 Å². The van der Waals surface area contributed by atoms with E-state index in [9.17, 15) is 22.8 Å². The zero-order valence-electron chi connectivity index (χ0n) is 17.2. The van der Waals surface area contributed by atoms with Crippen LogP contribution in [-0.2, 0) is 18.0 Å². The van der Waals surface area contributed by atoms with Gasteiger partial charge < -0.3 is 19.5 Å². The first-order chi connectivity index (χ1) is 15.7. The van der Waals surface area contributed by atoms with Crippen LogP contribution in [0.5, 0.6) is 0 Å². The SMILES string of the molecule is Cn1nccc1C(=O)N1CCOC[C@@H]1CNC(=O)c1ccc(-c2noc(C(F)(F)F)n2)cn1. The number of aryl methyl sites for hydroxylation is 1. The lowest BCUT2D eigenvalue weighted by Crippen LogP contribution is -2.53. The summed E-state index contributed by atoms with van der Waals surface area (Å²) in [6, 6.07) is 3.89. The quantitative estimate of drug-likeness (QED) is 0.595. The van der Waals surface area contributed by atoms with Gasteiger partial charge in [-0.25, -0.2) is 0 Å². The van der Waals surface area contributed by atoms with Crippen molar-refractivity contribution in [2.45, 2.75) is 12.2 Å². The largest absolute Gasteiger partial charge is 0.471 e. The van der Waals surface area contributed by atoms with E-state index >= 15 is 0 Å². The maximum absolute atomic E-state index is 12.8. The maximum Gasteiger partial charge on any atom is 0.471 e. The van der Waals surface area contributed by atoms with E-state index in [1.165, 1.54) is 29.2 Å². The van der Waals surface area contributed by atoms with Crippen LogP contribution in [0.15, 0.2) is 35.1 Å². The van der Waals surface area contributed by atoms with E-state index in [-0.39, 0.29) is 36.1 Å². The highest BCUT2D eigenvalue weighted by Crippen LogP contribution is 2.29. The lowest BCUT2D eigenvalue weighted by Gasteiger charge is -2.35. The number of halogens is 3. The molecule has 0 saturated carbocycles. The third-order valence-electron chi connectivity index (χ3n) is 4.95. The number of hydrogen-bond acceptors (Lipinski definition) is 8. The Morgan fingerprint density at radius 2 is 2.09 bits per heavy atom. The van der Waals surface area contributed by atoms with Gasteiger partial charge in [0.25, 0.3) is 11.8 Å². The Balaban J connectivity index is 1.39. The van der Waals surface area contributed by atoms with Crippen LogP contribution < -0.4 is 5.32 Å². The van der Waals surface area contributed by atoms with Crippen LogP contribution in [0.2, 0.25) is 0 Å². The predicted molar refractivity (Wildman–Crippen MR) is 104 cm³/mol. The van der Waals surface area contributed by atoms with Crippen LogP contribution in [0.3, 0.4) is 0 Å². The summed E-state index contributed by atoms with van der Waals surface area (Å²) >= 11 is 0. The first kappa shape index (κ1) is 22.4. The Hall–Kier alpha value is -3.81. The molecule has 1 fully saturated rings. The number of amides is 2. The highest BCUT2D eigenvalue weighted by Gasteiger charge is 2.38. The second-order valence-corrected chi connectivity index (χ2v) is 7.13. The van der Waals surface area contributed by atoms with E-state index in [4.69, 9.17) is 4.74 Å². The molecule has 14 heteroatoms. The van der Waals surface area contributed by atoms with Gasteiger partial charge in [0.2, 0.25) is 5.82 Å². The van der Waals surface area contributed by atoms with Crippen molar-refractivity contribution in [1.29, 1.82) is 0 Å². The summed E-state index contributed by atoms with van der Waals surface area (Å²) in [6.07, 6.45) is -2.06. The second kappa shape index (κ2) is 8.97. The van der Waals surface area contributed by atoms with Gasteiger partial charge in [0, 0.05) is 38.1 Å². The van der Waals surface area contributed by atoms with Gasteiger partial charge in [-0.2, -0.15) is 23.3 Å². The second-order valence-electron chi connectivity index (χ2n) is 7.13. The average Bonchev–Trinajstić information content (AvgIpc) is 3.47. The van der Waals surface area contributed by atoms with Crippen molar-refractivity contribution in [2.75, 3.05) is 26.3 Å². The molecule has 174 valence electrons. The van der Waals surface area contributed by atoms with E-state index in [0.717, 1.165) is 0 Å². The molecule has 11 nitrogen and oxygen atoms in total. The van der Waals surface area contributed by atoms with Crippen LogP contribution in [0.4, 0.5) is 13.2 Å². The number of rotatable bonds is 5. The van der Waals surface area contributed by atoms with Gasteiger partial charge in [-0.05, 0) is 18.2 Å². The Kier molecular flexibility index (Phi) is 6.09. The zero-order chi connectivity index (χ0) is 23.6. The topological polar surface area (TPSA) is 128 Å². The standard InChI is InChI=1S/C19H18F3N7O4/c1-28-14(4-5-25-28)17(31)29-6-7-32-10-12(29)9-24-16(30)13-3-2-11(8-23-13)15-26-18(33-27-15)19(20,21)22/h2-5,8,12H,6-7,9-10H2,1H3,(H,24,30)/t12-/m0/s1. The Bertz CT molecular complexity index is 1140. The average molecular weight is 465 g/mol. The summed E-state index contributed by atoms with van der Waals surface area (Å²) in [6.45, 7) is 1.10. The van der Waals surface area contributed by atoms with E-state index in [2.05, 4.69) is 30.1 Å². The van der Waals surface area contributed by atoms with Crippen molar-refractivity contribution in [3.8, 4) is 11.4 Å². The molecule has 3 aromatic heterocycles. The fourth-order valence-electron chi connectivity index (χ4n) is 3.24. The molecule has 1 aliphatic rings. The molecule has 0 aliphatic carbocycles. The number of pyridine rings is 1. The molecule has 0 aromatic carbocycles. The monoisotopic (exact) mass is 465 g/mol. The number of carbonyl (C=O) groups is 2. The van der Waals surface area contributed by atoms with Gasteiger partial charge in [0.15, 0.2) is 0 Å². The van der Waals surface area contributed by atoms with Gasteiger partial charge in [-0.15, -0.1) is 0 Å². The minimum Gasteiger partial charge on any atom is -0.377 e. The molecule has 0 radical (unpaired) electrons. The molecule has 1 aliphatic heterocycles. The Morgan fingerprint density at radius 3 is 2.73 bits per heavy atom. The van der Waals surface area contributed by atoms with E-state index in [1.807, 2.05) is 0 Å². The molecular formula is C19H18F3N7O4. The molecule has 33 heavy (non-hydrogen) atoms. The molecule has 1 atom stereocenters. The first-order valence-electron chi connectivity index (χ1n) is 9.76. The van der Waals surface area contributed by atoms with Gasteiger partial charge >= 0.3 is 12.1 Å². The van der Waals surface area contributed by atoms with Crippen molar-refractivity contribution in [1.82, 2.24) is 35.1 Å². The van der Waals surface area contributed by atoms with Crippen molar-refractivity contribution >= 4 is 11.8 Å². The number of nitrogens with zero attached hydrogens (tertiary/aromatic N) is 6. The number of morpholine rings is 1.